The van der Waals surface area contributed by atoms with Gasteiger partial charge in [-0.25, -0.2) is 4.99 Å². The van der Waals surface area contributed by atoms with Crippen molar-refractivity contribution in [3.63, 3.8) is 0 Å². The van der Waals surface area contributed by atoms with Crippen molar-refractivity contribution in [2.45, 2.75) is 39.2 Å². The number of ether oxygens (including phenoxy) is 1. The Hall–Kier alpha value is -1.28. The Kier molecular flexibility index (Phi) is 3.73. The van der Waals surface area contributed by atoms with Gasteiger partial charge in [-0.2, -0.15) is 0 Å². The molecule has 0 radical (unpaired) electrons. The van der Waals surface area contributed by atoms with Gasteiger partial charge in [0, 0.05) is 5.02 Å². The Morgan fingerprint density at radius 3 is 2.26 bits per heavy atom. The van der Waals surface area contributed by atoms with Gasteiger partial charge in [-0.15, -0.1) is 0 Å². The van der Waals surface area contributed by atoms with E-state index in [0.29, 0.717) is 5.92 Å². The summed E-state index contributed by atoms with van der Waals surface area (Å²) in [4.78, 5) is 4.76. The van der Waals surface area contributed by atoms with Crippen molar-refractivity contribution < 1.29 is 4.74 Å². The molecule has 2 atom stereocenters. The molecule has 0 saturated heterocycles. The number of rotatable bonds is 3. The molecule has 19 heavy (non-hydrogen) atoms. The average molecular weight is 278 g/mol. The van der Waals surface area contributed by atoms with E-state index < -0.39 is 0 Å². The molecule has 0 spiro atoms. The summed E-state index contributed by atoms with van der Waals surface area (Å²) < 4.78 is 5.81. The van der Waals surface area contributed by atoms with E-state index >= 15 is 0 Å². The van der Waals surface area contributed by atoms with E-state index in [1.165, 1.54) is 0 Å². The van der Waals surface area contributed by atoms with E-state index in [4.69, 9.17) is 21.3 Å². The lowest BCUT2D eigenvalue weighted by Gasteiger charge is -2.24. The van der Waals surface area contributed by atoms with Crippen LogP contribution in [0.1, 0.15) is 39.2 Å². The van der Waals surface area contributed by atoms with Gasteiger partial charge >= 0.3 is 0 Å². The molecular formula is C16H20ClNO. The maximum absolute atomic E-state index is 5.91. The van der Waals surface area contributed by atoms with E-state index in [-0.39, 0.29) is 11.5 Å². The summed E-state index contributed by atoms with van der Waals surface area (Å²) in [6, 6.07) is 7.79. The Morgan fingerprint density at radius 1 is 1.21 bits per heavy atom. The van der Waals surface area contributed by atoms with Crippen molar-refractivity contribution in [1.29, 1.82) is 0 Å². The van der Waals surface area contributed by atoms with Crippen LogP contribution < -0.4 is 0 Å². The molecule has 1 heterocycles. The lowest BCUT2D eigenvalue weighted by atomic mass is 9.88. The zero-order valence-corrected chi connectivity index (χ0v) is 12.7. The first-order valence-electron chi connectivity index (χ1n) is 6.57. The van der Waals surface area contributed by atoms with Crippen LogP contribution in [-0.4, -0.2) is 11.4 Å². The highest BCUT2D eigenvalue weighted by Gasteiger charge is 2.40. The molecule has 3 heteroatoms. The molecule has 1 aliphatic heterocycles. The fourth-order valence-electron chi connectivity index (χ4n) is 2.07. The molecule has 0 bridgehead atoms. The second-order valence-corrected chi connectivity index (χ2v) is 5.99. The number of benzene rings is 1. The van der Waals surface area contributed by atoms with Gasteiger partial charge in [0.1, 0.15) is 11.3 Å². The van der Waals surface area contributed by atoms with Crippen molar-refractivity contribution >= 4 is 17.5 Å². The van der Waals surface area contributed by atoms with Crippen molar-refractivity contribution in [3.8, 4) is 0 Å². The van der Waals surface area contributed by atoms with Crippen LogP contribution >= 0.6 is 11.6 Å². The third kappa shape index (κ3) is 2.55. The largest absolute Gasteiger partial charge is 0.445 e. The smallest absolute Gasteiger partial charge is 0.198 e. The van der Waals surface area contributed by atoms with Gasteiger partial charge in [-0.05, 0) is 37.5 Å². The average Bonchev–Trinajstić information content (AvgIpc) is 2.67. The standard InChI is InChI=1S/C16H20ClNO/c1-10(2)16(5)12(4)19-15(18-16)11(3)13-6-8-14(17)9-7-13/h6-11H,4H2,1-3,5H3. The molecule has 0 aromatic heterocycles. The zero-order valence-electron chi connectivity index (χ0n) is 11.9. The minimum atomic E-state index is -0.323. The fourth-order valence-corrected chi connectivity index (χ4v) is 2.20. The number of halogens is 1. The van der Waals surface area contributed by atoms with Crippen LogP contribution in [0.15, 0.2) is 41.6 Å². The Labute approximate surface area is 120 Å². The molecule has 0 fully saturated rings. The Bertz CT molecular complexity index is 518. The third-order valence-corrected chi connectivity index (χ3v) is 4.25. The Morgan fingerprint density at radius 2 is 1.79 bits per heavy atom. The van der Waals surface area contributed by atoms with Crippen molar-refractivity contribution in [3.05, 3.63) is 47.2 Å². The highest BCUT2D eigenvalue weighted by atomic mass is 35.5. The summed E-state index contributed by atoms with van der Waals surface area (Å²) in [6.07, 6.45) is 0. The Balaban J connectivity index is 2.28. The van der Waals surface area contributed by atoms with Gasteiger partial charge in [-0.3, -0.25) is 0 Å². The zero-order chi connectivity index (χ0) is 14.2. The lowest BCUT2D eigenvalue weighted by Crippen LogP contribution is -2.28. The quantitative estimate of drug-likeness (QED) is 0.778. The molecular weight excluding hydrogens is 258 g/mol. The van der Waals surface area contributed by atoms with E-state index in [1.807, 2.05) is 24.3 Å². The minimum absolute atomic E-state index is 0.106. The van der Waals surface area contributed by atoms with Crippen molar-refractivity contribution in [2.24, 2.45) is 10.9 Å². The predicted molar refractivity (Wildman–Crippen MR) is 80.8 cm³/mol. The van der Waals surface area contributed by atoms with Gasteiger partial charge in [0.2, 0.25) is 0 Å². The first-order chi connectivity index (χ1) is 8.84. The van der Waals surface area contributed by atoms with E-state index in [1.54, 1.807) is 0 Å². The third-order valence-electron chi connectivity index (χ3n) is 4.00. The predicted octanol–water partition coefficient (Wildman–Crippen LogP) is 4.80. The molecule has 0 N–H and O–H groups in total. The molecule has 1 aliphatic rings. The monoisotopic (exact) mass is 277 g/mol. The summed E-state index contributed by atoms with van der Waals surface area (Å²) in [5, 5.41) is 0.738. The van der Waals surface area contributed by atoms with Crippen LogP contribution in [-0.2, 0) is 4.74 Å². The highest BCUT2D eigenvalue weighted by Crippen LogP contribution is 2.38. The van der Waals surface area contributed by atoms with Crippen LogP contribution in [0.4, 0.5) is 0 Å². The number of aliphatic imine (C=N–C) groups is 1. The van der Waals surface area contributed by atoms with Crippen molar-refractivity contribution in [2.75, 3.05) is 0 Å². The second kappa shape index (κ2) is 5.01. The molecule has 0 amide bonds. The fraction of sp³-hybridized carbons (Fsp3) is 0.438. The molecule has 0 aliphatic carbocycles. The first-order valence-corrected chi connectivity index (χ1v) is 6.95. The van der Waals surface area contributed by atoms with Crippen LogP contribution in [0.3, 0.4) is 0 Å². The van der Waals surface area contributed by atoms with Gasteiger partial charge in [0.15, 0.2) is 5.90 Å². The SMILES string of the molecule is C=C1OC(C(C)c2ccc(Cl)cc2)=NC1(C)C(C)C. The number of hydrogen-bond donors (Lipinski definition) is 0. The molecule has 102 valence electrons. The summed E-state index contributed by atoms with van der Waals surface area (Å²) in [5.41, 5.74) is 0.819. The van der Waals surface area contributed by atoms with Gasteiger partial charge < -0.3 is 4.74 Å². The molecule has 2 rings (SSSR count). The molecule has 2 unspecified atom stereocenters. The highest BCUT2D eigenvalue weighted by molar-refractivity contribution is 6.30. The van der Waals surface area contributed by atoms with E-state index in [0.717, 1.165) is 22.2 Å². The number of hydrogen-bond acceptors (Lipinski definition) is 2. The first kappa shape index (κ1) is 14.1. The van der Waals surface area contributed by atoms with Crippen LogP contribution in [0.5, 0.6) is 0 Å². The van der Waals surface area contributed by atoms with Gasteiger partial charge in [0.05, 0.1) is 5.92 Å². The van der Waals surface area contributed by atoms with Crippen LogP contribution in [0, 0.1) is 5.92 Å². The summed E-state index contributed by atoms with van der Waals surface area (Å²) in [5.74, 6) is 1.94. The van der Waals surface area contributed by atoms with Crippen molar-refractivity contribution in [1.82, 2.24) is 0 Å². The van der Waals surface area contributed by atoms with Gasteiger partial charge in [0.25, 0.3) is 0 Å². The van der Waals surface area contributed by atoms with Gasteiger partial charge in [-0.1, -0.05) is 44.2 Å². The lowest BCUT2D eigenvalue weighted by molar-refractivity contribution is 0.309. The summed E-state index contributed by atoms with van der Waals surface area (Å²) in [7, 11) is 0. The maximum Gasteiger partial charge on any atom is 0.198 e. The summed E-state index contributed by atoms with van der Waals surface area (Å²) >= 11 is 5.91. The molecule has 1 aromatic rings. The number of nitrogens with zero attached hydrogens (tertiary/aromatic N) is 1. The molecule has 2 nitrogen and oxygen atoms in total. The second-order valence-electron chi connectivity index (χ2n) is 5.55. The topological polar surface area (TPSA) is 21.6 Å². The normalized spacial score (nSPS) is 24.3. The maximum atomic E-state index is 5.91. The molecule has 0 saturated carbocycles. The van der Waals surface area contributed by atoms with E-state index in [9.17, 15) is 0 Å². The van der Waals surface area contributed by atoms with E-state index in [2.05, 4.69) is 34.3 Å². The summed E-state index contributed by atoms with van der Waals surface area (Å²) in [6.45, 7) is 12.4. The van der Waals surface area contributed by atoms with Crippen LogP contribution in [0.2, 0.25) is 5.02 Å². The van der Waals surface area contributed by atoms with Crippen LogP contribution in [0.25, 0.3) is 0 Å². The minimum Gasteiger partial charge on any atom is -0.445 e. The molecule has 1 aromatic carbocycles.